The molecule has 1 aromatic heterocycles. The van der Waals surface area contributed by atoms with Gasteiger partial charge >= 0.3 is 5.69 Å². The molecule has 1 amide bonds. The second kappa shape index (κ2) is 4.84. The quantitative estimate of drug-likeness (QED) is 0.683. The van der Waals surface area contributed by atoms with E-state index in [4.69, 9.17) is 0 Å². The van der Waals surface area contributed by atoms with E-state index in [1.54, 1.807) is 12.1 Å². The molecule has 0 saturated carbocycles. The van der Waals surface area contributed by atoms with E-state index in [1.165, 1.54) is 17.1 Å². The fourth-order valence-corrected chi connectivity index (χ4v) is 1.47. The molecule has 1 aromatic carbocycles. The van der Waals surface area contributed by atoms with Crippen LogP contribution in [0.3, 0.4) is 0 Å². The van der Waals surface area contributed by atoms with Gasteiger partial charge in [0.15, 0.2) is 0 Å². The van der Waals surface area contributed by atoms with Gasteiger partial charge in [0, 0.05) is 18.5 Å². The van der Waals surface area contributed by atoms with Crippen LogP contribution in [0.1, 0.15) is 10.4 Å². The molecule has 0 aliphatic carbocycles. The van der Waals surface area contributed by atoms with Crippen LogP contribution in [0, 0.1) is 21.7 Å². The lowest BCUT2D eigenvalue weighted by Gasteiger charge is -2.07. The molecule has 0 radical (unpaired) electrons. The van der Waals surface area contributed by atoms with Gasteiger partial charge in [0.2, 0.25) is 5.82 Å². The van der Waals surface area contributed by atoms with E-state index < -0.39 is 33.7 Å². The first kappa shape index (κ1) is 12.7. The summed E-state index contributed by atoms with van der Waals surface area (Å²) in [7, 11) is 0. The van der Waals surface area contributed by atoms with Crippen molar-refractivity contribution in [2.24, 2.45) is 0 Å². The molecular formula is C11H7F2N3O3. The van der Waals surface area contributed by atoms with Gasteiger partial charge in [-0.05, 0) is 18.2 Å². The largest absolute Gasteiger partial charge is 0.305 e. The Labute approximate surface area is 105 Å². The number of halogens is 2. The molecular weight excluding hydrogens is 260 g/mol. The maximum atomic E-state index is 13.7. The average molecular weight is 267 g/mol. The summed E-state index contributed by atoms with van der Waals surface area (Å²) in [5, 5.41) is 10.5. The smallest absolute Gasteiger partial charge is 0.268 e. The van der Waals surface area contributed by atoms with Crippen LogP contribution in [0.25, 0.3) is 0 Å². The topological polar surface area (TPSA) is 77.2 Å². The zero-order valence-corrected chi connectivity index (χ0v) is 9.34. The van der Waals surface area contributed by atoms with Crippen molar-refractivity contribution in [3.8, 4) is 0 Å². The zero-order valence-electron chi connectivity index (χ0n) is 9.34. The van der Waals surface area contributed by atoms with E-state index in [-0.39, 0.29) is 0 Å². The van der Waals surface area contributed by atoms with Crippen molar-refractivity contribution < 1.29 is 18.5 Å². The summed E-state index contributed by atoms with van der Waals surface area (Å²) in [5.41, 5.74) is 0.205. The third kappa shape index (κ3) is 2.41. The monoisotopic (exact) mass is 267 g/mol. The maximum Gasteiger partial charge on any atom is 0.305 e. The van der Waals surface area contributed by atoms with Crippen LogP contribution < -0.4 is 5.43 Å². The Morgan fingerprint density at radius 1 is 1.26 bits per heavy atom. The van der Waals surface area contributed by atoms with Crippen LogP contribution in [-0.2, 0) is 0 Å². The lowest BCUT2D eigenvalue weighted by Crippen LogP contribution is -2.24. The SMILES string of the molecule is O=C(Nn1cccc1)c1c(F)ccc([N+](=O)[O-])c1F. The van der Waals surface area contributed by atoms with E-state index in [9.17, 15) is 23.7 Å². The van der Waals surface area contributed by atoms with Gasteiger partial charge in [0.05, 0.1) is 4.92 Å². The first-order valence-electron chi connectivity index (χ1n) is 5.07. The number of hydrogen-bond acceptors (Lipinski definition) is 3. The van der Waals surface area contributed by atoms with Gasteiger partial charge < -0.3 is 0 Å². The summed E-state index contributed by atoms with van der Waals surface area (Å²) in [6.45, 7) is 0. The fourth-order valence-electron chi connectivity index (χ4n) is 1.47. The third-order valence-electron chi connectivity index (χ3n) is 2.33. The molecule has 0 aliphatic rings. The van der Waals surface area contributed by atoms with Crippen LogP contribution in [0.2, 0.25) is 0 Å². The van der Waals surface area contributed by atoms with E-state index in [0.717, 1.165) is 0 Å². The highest BCUT2D eigenvalue weighted by atomic mass is 19.1. The van der Waals surface area contributed by atoms with Gasteiger partial charge in [-0.25, -0.2) is 4.39 Å². The van der Waals surface area contributed by atoms with Gasteiger partial charge in [-0.3, -0.25) is 25.0 Å². The summed E-state index contributed by atoms with van der Waals surface area (Å²) in [5.74, 6) is -3.79. The Bertz CT molecular complexity index is 641. The number of carbonyl (C=O) groups excluding carboxylic acids is 1. The molecule has 8 heteroatoms. The number of amides is 1. The Kier molecular flexibility index (Phi) is 3.23. The van der Waals surface area contributed by atoms with Gasteiger partial charge in [-0.1, -0.05) is 0 Å². The molecule has 0 unspecified atom stereocenters. The van der Waals surface area contributed by atoms with Gasteiger partial charge in [0.1, 0.15) is 11.4 Å². The summed E-state index contributed by atoms with van der Waals surface area (Å²) in [4.78, 5) is 21.2. The van der Waals surface area contributed by atoms with E-state index in [2.05, 4.69) is 5.43 Å². The van der Waals surface area contributed by atoms with E-state index in [0.29, 0.717) is 12.1 Å². The van der Waals surface area contributed by atoms with Crippen LogP contribution in [0.4, 0.5) is 14.5 Å². The maximum absolute atomic E-state index is 13.7. The van der Waals surface area contributed by atoms with Crippen molar-refractivity contribution in [1.29, 1.82) is 0 Å². The first-order valence-corrected chi connectivity index (χ1v) is 5.07. The Morgan fingerprint density at radius 2 is 1.89 bits per heavy atom. The number of carbonyl (C=O) groups is 1. The summed E-state index contributed by atoms with van der Waals surface area (Å²) in [6.07, 6.45) is 2.87. The number of nitrogens with zero attached hydrogens (tertiary/aromatic N) is 2. The molecule has 19 heavy (non-hydrogen) atoms. The van der Waals surface area contributed by atoms with Crippen LogP contribution in [0.5, 0.6) is 0 Å². The highest BCUT2D eigenvalue weighted by Crippen LogP contribution is 2.23. The average Bonchev–Trinajstić information content (AvgIpc) is 2.81. The number of nitrogens with one attached hydrogen (secondary N) is 1. The standard InChI is InChI=1S/C11H7F2N3O3/c12-7-3-4-8(16(18)19)10(13)9(7)11(17)14-15-5-1-2-6-15/h1-6H,(H,14,17). The molecule has 0 bridgehead atoms. The minimum absolute atomic E-state index is 0.664. The fraction of sp³-hybridized carbons (Fsp3) is 0. The van der Waals surface area contributed by atoms with Crippen molar-refractivity contribution in [3.63, 3.8) is 0 Å². The molecule has 0 spiro atoms. The normalized spacial score (nSPS) is 10.2. The molecule has 98 valence electrons. The van der Waals surface area contributed by atoms with E-state index >= 15 is 0 Å². The van der Waals surface area contributed by atoms with Crippen LogP contribution >= 0.6 is 0 Å². The molecule has 0 atom stereocenters. The number of nitro benzene ring substituents is 1. The Hall–Kier alpha value is -2.77. The highest BCUT2D eigenvalue weighted by molar-refractivity contribution is 6.01. The molecule has 6 nitrogen and oxygen atoms in total. The predicted molar refractivity (Wildman–Crippen MR) is 61.1 cm³/mol. The van der Waals surface area contributed by atoms with Crippen molar-refractivity contribution in [3.05, 3.63) is 64.0 Å². The summed E-state index contributed by atoms with van der Waals surface area (Å²) in [6, 6.07) is 4.50. The number of rotatable bonds is 3. The number of aromatic nitrogens is 1. The Morgan fingerprint density at radius 3 is 2.47 bits per heavy atom. The summed E-state index contributed by atoms with van der Waals surface area (Å²) < 4.78 is 28.3. The van der Waals surface area contributed by atoms with Crippen molar-refractivity contribution in [2.75, 3.05) is 5.43 Å². The molecule has 1 heterocycles. The van der Waals surface area contributed by atoms with Gasteiger partial charge in [-0.2, -0.15) is 4.39 Å². The molecule has 0 fully saturated rings. The first-order chi connectivity index (χ1) is 9.00. The molecule has 2 aromatic rings. The minimum Gasteiger partial charge on any atom is -0.268 e. The lowest BCUT2D eigenvalue weighted by molar-refractivity contribution is -0.387. The highest BCUT2D eigenvalue weighted by Gasteiger charge is 2.26. The third-order valence-corrected chi connectivity index (χ3v) is 2.33. The minimum atomic E-state index is -1.50. The van der Waals surface area contributed by atoms with Crippen LogP contribution in [0.15, 0.2) is 36.7 Å². The second-order valence-electron chi connectivity index (χ2n) is 3.54. The van der Waals surface area contributed by atoms with Gasteiger partial charge in [0.25, 0.3) is 5.91 Å². The van der Waals surface area contributed by atoms with Crippen molar-refractivity contribution >= 4 is 11.6 Å². The molecule has 0 aliphatic heterocycles. The zero-order chi connectivity index (χ0) is 14.0. The van der Waals surface area contributed by atoms with Gasteiger partial charge in [-0.15, -0.1) is 0 Å². The lowest BCUT2D eigenvalue weighted by atomic mass is 10.1. The van der Waals surface area contributed by atoms with Crippen molar-refractivity contribution in [2.45, 2.75) is 0 Å². The molecule has 1 N–H and O–H groups in total. The number of hydrogen-bond donors (Lipinski definition) is 1. The van der Waals surface area contributed by atoms with E-state index in [1.807, 2.05) is 0 Å². The number of nitro groups is 1. The van der Waals surface area contributed by atoms with Crippen LogP contribution in [-0.4, -0.2) is 15.5 Å². The predicted octanol–water partition coefficient (Wildman–Crippen LogP) is 2.06. The number of benzene rings is 1. The summed E-state index contributed by atoms with van der Waals surface area (Å²) >= 11 is 0. The Balaban J connectivity index is 2.41. The molecule has 0 saturated heterocycles. The van der Waals surface area contributed by atoms with Crippen molar-refractivity contribution in [1.82, 2.24) is 4.68 Å². The molecule has 2 rings (SSSR count). The second-order valence-corrected chi connectivity index (χ2v) is 3.54.